The van der Waals surface area contributed by atoms with Gasteiger partial charge in [-0.2, -0.15) is 0 Å². The van der Waals surface area contributed by atoms with E-state index in [-0.39, 0.29) is 13.2 Å². The van der Waals surface area contributed by atoms with Crippen LogP contribution in [0.15, 0.2) is 0 Å². The molecule has 12 unspecified atom stereocenters. The van der Waals surface area contributed by atoms with Gasteiger partial charge in [-0.1, -0.05) is 0 Å². The van der Waals surface area contributed by atoms with Crippen LogP contribution in [-0.2, 0) is 95.1 Å². The van der Waals surface area contributed by atoms with Crippen LogP contribution < -0.4 is 0 Å². The van der Waals surface area contributed by atoms with Crippen molar-refractivity contribution in [3.05, 3.63) is 0 Å². The molecule has 12 atom stereocenters. The zero-order valence-corrected chi connectivity index (χ0v) is 28.7. The third-order valence-electron chi connectivity index (χ3n) is 7.13. The first-order valence-corrected chi connectivity index (χ1v) is 15.4. The molecule has 3 rings (SSSR count). The van der Waals surface area contributed by atoms with Gasteiger partial charge in [0.25, 0.3) is 0 Å². The molecule has 0 bridgehead atoms. The number of hydrogen-bond acceptors (Lipinski definition) is 20. The Bertz CT molecular complexity index is 1250. The second kappa shape index (κ2) is 18.3. The van der Waals surface area contributed by atoms with Crippen LogP contribution in [0.4, 0.5) is 0 Å². The fourth-order valence-electron chi connectivity index (χ4n) is 5.52. The van der Waals surface area contributed by atoms with E-state index in [0.29, 0.717) is 0 Å². The molecular formula is C30H42O20. The molecule has 50 heavy (non-hydrogen) atoms. The smallest absolute Gasteiger partial charge is 0.303 e. The monoisotopic (exact) mass is 722 g/mol. The van der Waals surface area contributed by atoms with Crippen molar-refractivity contribution < 1.29 is 95.1 Å². The Kier molecular flexibility index (Phi) is 14.8. The molecule has 0 aromatic rings. The largest absolute Gasteiger partial charge is 0.456 e. The molecular weight excluding hydrogens is 680 g/mol. The lowest BCUT2D eigenvalue weighted by atomic mass is 10.0. The maximum absolute atomic E-state index is 12.4. The Balaban J connectivity index is 1.97. The van der Waals surface area contributed by atoms with Crippen LogP contribution in [0, 0.1) is 0 Å². The van der Waals surface area contributed by atoms with Crippen molar-refractivity contribution in [3.8, 4) is 0 Å². The lowest BCUT2D eigenvalue weighted by Crippen LogP contribution is -2.64. The molecule has 20 heteroatoms. The van der Waals surface area contributed by atoms with Gasteiger partial charge in [0.2, 0.25) is 0 Å². The molecule has 0 radical (unpaired) electrons. The SMILES string of the molecule is COC1OCC(OC(C)=O)C(OC(C)=O)C1OC1OCC(OC2OCC(OC(C)=O)C(OC(C)=O)C2OC(C)=O)C(OC(C)=O)C1OC(C)=O. The van der Waals surface area contributed by atoms with Gasteiger partial charge in [-0.3, -0.25) is 33.6 Å². The summed E-state index contributed by atoms with van der Waals surface area (Å²) < 4.78 is 72.6. The molecule has 0 saturated carbocycles. The molecule has 0 spiro atoms. The van der Waals surface area contributed by atoms with Crippen LogP contribution >= 0.6 is 0 Å². The minimum absolute atomic E-state index is 0.238. The fourth-order valence-corrected chi connectivity index (χ4v) is 5.52. The van der Waals surface area contributed by atoms with Gasteiger partial charge < -0.3 is 61.6 Å². The predicted octanol–water partition coefficient (Wildman–Crippen LogP) is -1.01. The van der Waals surface area contributed by atoms with E-state index >= 15 is 0 Å². The summed E-state index contributed by atoms with van der Waals surface area (Å²) in [5.41, 5.74) is 0. The molecule has 0 aromatic heterocycles. The maximum atomic E-state index is 12.4. The Morgan fingerprint density at radius 2 is 0.680 bits per heavy atom. The highest BCUT2D eigenvalue weighted by Crippen LogP contribution is 2.33. The molecule has 0 N–H and O–H groups in total. The average Bonchev–Trinajstić information content (AvgIpc) is 2.98. The average molecular weight is 723 g/mol. The van der Waals surface area contributed by atoms with E-state index in [1.807, 2.05) is 0 Å². The van der Waals surface area contributed by atoms with Gasteiger partial charge in [0.15, 0.2) is 67.7 Å². The number of hydrogen-bond donors (Lipinski definition) is 0. The van der Waals surface area contributed by atoms with E-state index < -0.39 is 122 Å². The normalized spacial score (nSPS) is 33.9. The van der Waals surface area contributed by atoms with E-state index in [0.717, 1.165) is 48.5 Å². The summed E-state index contributed by atoms with van der Waals surface area (Å²) in [5.74, 6) is -5.57. The first-order chi connectivity index (χ1) is 23.5. The maximum Gasteiger partial charge on any atom is 0.303 e. The van der Waals surface area contributed by atoms with E-state index in [1.165, 1.54) is 7.11 Å². The standard InChI is InChI=1S/C30H42O20/c1-12(31)42-19-9-39-28(38-8)25(22(19)44-14(3)33)50-30-27(48-18(7)37)24(46-16(5)35)21(11-41-30)49-29-26(47-17(6)36)23(45-15(4)34)20(10-40-29)43-13(2)32/h19-30H,9-11H2,1-8H3. The second-order valence-corrected chi connectivity index (χ2v) is 11.3. The minimum atomic E-state index is -1.59. The van der Waals surface area contributed by atoms with Gasteiger partial charge in [0.05, 0.1) is 19.8 Å². The third kappa shape index (κ3) is 11.3. The molecule has 282 valence electrons. The van der Waals surface area contributed by atoms with E-state index in [9.17, 15) is 33.6 Å². The lowest BCUT2D eigenvalue weighted by molar-refractivity contribution is -0.358. The molecule has 0 aliphatic carbocycles. The Morgan fingerprint density at radius 3 is 1.06 bits per heavy atom. The Labute approximate surface area is 286 Å². The van der Waals surface area contributed by atoms with Gasteiger partial charge >= 0.3 is 41.8 Å². The number of carbonyl (C=O) groups excluding carboxylic acids is 7. The first-order valence-electron chi connectivity index (χ1n) is 15.4. The minimum Gasteiger partial charge on any atom is -0.456 e. The number of rotatable bonds is 12. The second-order valence-electron chi connectivity index (χ2n) is 11.3. The molecule has 0 amide bonds. The summed E-state index contributed by atoms with van der Waals surface area (Å²) in [4.78, 5) is 84.5. The van der Waals surface area contributed by atoms with Gasteiger partial charge in [-0.15, -0.1) is 0 Å². The van der Waals surface area contributed by atoms with E-state index in [1.54, 1.807) is 0 Å². The van der Waals surface area contributed by atoms with Crippen molar-refractivity contribution >= 4 is 41.8 Å². The predicted molar refractivity (Wildman–Crippen MR) is 155 cm³/mol. The zero-order valence-electron chi connectivity index (χ0n) is 28.7. The molecule has 3 heterocycles. The topological polar surface area (TPSA) is 239 Å². The number of methoxy groups -OCH3 is 1. The van der Waals surface area contributed by atoms with Crippen molar-refractivity contribution in [1.29, 1.82) is 0 Å². The van der Waals surface area contributed by atoms with Crippen LogP contribution in [0.1, 0.15) is 48.5 Å². The van der Waals surface area contributed by atoms with Crippen LogP contribution in [-0.4, -0.2) is 143 Å². The summed E-state index contributed by atoms with van der Waals surface area (Å²) in [7, 11) is 1.27. The highest BCUT2D eigenvalue weighted by atomic mass is 16.8. The zero-order chi connectivity index (χ0) is 37.3. The van der Waals surface area contributed by atoms with Crippen LogP contribution in [0.2, 0.25) is 0 Å². The highest BCUT2D eigenvalue weighted by Gasteiger charge is 2.55. The van der Waals surface area contributed by atoms with Crippen LogP contribution in [0.25, 0.3) is 0 Å². The molecule has 3 saturated heterocycles. The van der Waals surface area contributed by atoms with Crippen molar-refractivity contribution in [2.24, 2.45) is 0 Å². The van der Waals surface area contributed by atoms with Gasteiger partial charge in [-0.25, -0.2) is 0 Å². The number of carbonyl (C=O) groups is 7. The molecule has 3 aliphatic heterocycles. The third-order valence-corrected chi connectivity index (χ3v) is 7.13. The number of ether oxygens (including phenoxy) is 13. The summed E-state index contributed by atoms with van der Waals surface area (Å²) >= 11 is 0. The van der Waals surface area contributed by atoms with Crippen molar-refractivity contribution in [1.82, 2.24) is 0 Å². The number of esters is 7. The van der Waals surface area contributed by atoms with Gasteiger partial charge in [-0.05, 0) is 0 Å². The van der Waals surface area contributed by atoms with Crippen molar-refractivity contribution in [2.45, 2.75) is 122 Å². The Hall–Kier alpha value is -3.95. The van der Waals surface area contributed by atoms with Crippen molar-refractivity contribution in [2.75, 3.05) is 26.9 Å². The first kappa shape index (κ1) is 40.5. The van der Waals surface area contributed by atoms with Crippen LogP contribution in [0.5, 0.6) is 0 Å². The summed E-state index contributed by atoms with van der Waals surface area (Å²) in [6.07, 6.45) is -16.7. The van der Waals surface area contributed by atoms with Crippen molar-refractivity contribution in [3.63, 3.8) is 0 Å². The molecule has 3 fully saturated rings. The highest BCUT2D eigenvalue weighted by molar-refractivity contribution is 5.69. The molecule has 20 nitrogen and oxygen atoms in total. The van der Waals surface area contributed by atoms with Crippen LogP contribution in [0.3, 0.4) is 0 Å². The fraction of sp³-hybridized carbons (Fsp3) is 0.767. The quantitative estimate of drug-likeness (QED) is 0.173. The van der Waals surface area contributed by atoms with E-state index in [2.05, 4.69) is 0 Å². The van der Waals surface area contributed by atoms with E-state index in [4.69, 9.17) is 61.6 Å². The van der Waals surface area contributed by atoms with Gasteiger partial charge in [0, 0.05) is 55.6 Å². The lowest BCUT2D eigenvalue weighted by Gasteiger charge is -2.46. The Morgan fingerprint density at radius 1 is 0.380 bits per heavy atom. The molecule has 0 aromatic carbocycles. The summed E-state index contributed by atoms with van der Waals surface area (Å²) in [6, 6.07) is 0. The summed E-state index contributed by atoms with van der Waals surface area (Å²) in [6.45, 7) is 6.58. The van der Waals surface area contributed by atoms with Gasteiger partial charge in [0.1, 0.15) is 6.10 Å². The summed E-state index contributed by atoms with van der Waals surface area (Å²) in [5, 5.41) is 0. The molecule has 3 aliphatic rings.